The van der Waals surface area contributed by atoms with E-state index in [0.717, 1.165) is 25.9 Å². The first kappa shape index (κ1) is 15.0. The Morgan fingerprint density at radius 2 is 1.76 bits per heavy atom. The largest absolute Gasteiger partial charge is 0.454 e. The second kappa shape index (κ2) is 7.42. The maximum Gasteiger partial charge on any atom is 0.325 e. The highest BCUT2D eigenvalue weighted by Crippen LogP contribution is 2.07. The molecule has 112 valence electrons. The van der Waals surface area contributed by atoms with Crippen molar-refractivity contribution >= 4 is 17.8 Å². The molecule has 1 saturated heterocycles. The maximum atomic E-state index is 11.7. The van der Waals surface area contributed by atoms with Crippen LogP contribution in [0.4, 0.5) is 0 Å². The molecule has 0 unspecified atom stereocenters. The van der Waals surface area contributed by atoms with E-state index in [9.17, 15) is 14.4 Å². The molecule has 1 aromatic rings. The number of ether oxygens (including phenoxy) is 1. The number of nitrogens with zero attached hydrogens (tertiary/aromatic N) is 1. The number of benzene rings is 1. The molecule has 0 spiro atoms. The van der Waals surface area contributed by atoms with Crippen molar-refractivity contribution < 1.29 is 19.1 Å². The van der Waals surface area contributed by atoms with Gasteiger partial charge in [-0.15, -0.1) is 0 Å². The van der Waals surface area contributed by atoms with E-state index in [0.29, 0.717) is 5.56 Å². The number of hydrogen-bond donors (Lipinski definition) is 1. The van der Waals surface area contributed by atoms with Crippen LogP contribution < -0.4 is 5.32 Å². The van der Waals surface area contributed by atoms with Gasteiger partial charge in [0, 0.05) is 18.7 Å². The minimum atomic E-state index is -0.619. The van der Waals surface area contributed by atoms with E-state index in [2.05, 4.69) is 5.32 Å². The number of carbonyl (C=O) groups excluding carboxylic acids is 3. The van der Waals surface area contributed by atoms with Gasteiger partial charge in [-0.25, -0.2) is 0 Å². The standard InChI is InChI=1S/C15H18N2O4/c18-13(17-8-4-5-9-17)11-21-14(19)10-16-15(20)12-6-2-1-3-7-12/h1-3,6-7H,4-5,8-11H2,(H,16,20). The van der Waals surface area contributed by atoms with Crippen LogP contribution in [0.25, 0.3) is 0 Å². The van der Waals surface area contributed by atoms with Crippen molar-refractivity contribution in [1.29, 1.82) is 0 Å². The average Bonchev–Trinajstić information content (AvgIpc) is 3.05. The van der Waals surface area contributed by atoms with E-state index in [-0.39, 0.29) is 25.0 Å². The van der Waals surface area contributed by atoms with Crippen molar-refractivity contribution in [3.8, 4) is 0 Å². The fraction of sp³-hybridized carbons (Fsp3) is 0.400. The van der Waals surface area contributed by atoms with Gasteiger partial charge in [0.15, 0.2) is 6.61 Å². The molecule has 0 saturated carbocycles. The van der Waals surface area contributed by atoms with E-state index >= 15 is 0 Å². The summed E-state index contributed by atoms with van der Waals surface area (Å²) in [5.41, 5.74) is 0.471. The summed E-state index contributed by atoms with van der Waals surface area (Å²) in [5.74, 6) is -1.15. The lowest BCUT2D eigenvalue weighted by Gasteiger charge is -2.14. The summed E-state index contributed by atoms with van der Waals surface area (Å²) in [7, 11) is 0. The highest BCUT2D eigenvalue weighted by atomic mass is 16.5. The quantitative estimate of drug-likeness (QED) is 0.805. The third kappa shape index (κ3) is 4.59. The second-order valence-corrected chi connectivity index (χ2v) is 4.80. The summed E-state index contributed by atoms with van der Waals surface area (Å²) in [4.78, 5) is 36.5. The number of nitrogens with one attached hydrogen (secondary N) is 1. The summed E-state index contributed by atoms with van der Waals surface area (Å²) in [6.07, 6.45) is 1.99. The summed E-state index contributed by atoms with van der Waals surface area (Å²) in [5, 5.41) is 2.45. The summed E-state index contributed by atoms with van der Waals surface area (Å²) >= 11 is 0. The molecule has 6 nitrogen and oxygen atoms in total. The zero-order valence-electron chi connectivity index (χ0n) is 11.7. The van der Waals surface area contributed by atoms with Crippen LogP contribution in [0, 0.1) is 0 Å². The Labute approximate surface area is 123 Å². The Balaban J connectivity index is 1.67. The Morgan fingerprint density at radius 1 is 1.10 bits per heavy atom. The molecule has 0 radical (unpaired) electrons. The predicted molar refractivity (Wildman–Crippen MR) is 75.5 cm³/mol. The normalized spacial score (nSPS) is 13.8. The molecule has 1 aromatic carbocycles. The predicted octanol–water partition coefficient (Wildman–Crippen LogP) is 0.582. The lowest BCUT2D eigenvalue weighted by Crippen LogP contribution is -2.35. The van der Waals surface area contributed by atoms with E-state index in [1.165, 1.54) is 0 Å². The smallest absolute Gasteiger partial charge is 0.325 e. The van der Waals surface area contributed by atoms with Crippen molar-refractivity contribution in [3.63, 3.8) is 0 Å². The molecule has 21 heavy (non-hydrogen) atoms. The van der Waals surface area contributed by atoms with Gasteiger partial charge in [-0.3, -0.25) is 14.4 Å². The van der Waals surface area contributed by atoms with Crippen LogP contribution in [0.1, 0.15) is 23.2 Å². The van der Waals surface area contributed by atoms with Crippen molar-refractivity contribution in [3.05, 3.63) is 35.9 Å². The third-order valence-electron chi connectivity index (χ3n) is 3.24. The molecule has 2 rings (SSSR count). The first-order valence-electron chi connectivity index (χ1n) is 6.93. The molecule has 1 aliphatic heterocycles. The van der Waals surface area contributed by atoms with Gasteiger partial charge < -0.3 is 15.0 Å². The molecule has 1 heterocycles. The Morgan fingerprint density at radius 3 is 2.43 bits per heavy atom. The molecule has 0 aliphatic carbocycles. The van der Waals surface area contributed by atoms with E-state index in [1.807, 2.05) is 0 Å². The number of carbonyl (C=O) groups is 3. The fourth-order valence-corrected chi connectivity index (χ4v) is 2.10. The van der Waals surface area contributed by atoms with Gasteiger partial charge in [0.1, 0.15) is 6.54 Å². The van der Waals surface area contributed by atoms with Crippen molar-refractivity contribution in [2.45, 2.75) is 12.8 Å². The number of amides is 2. The van der Waals surface area contributed by atoms with E-state index in [1.54, 1.807) is 35.2 Å². The van der Waals surface area contributed by atoms with Crippen LogP contribution in [0.2, 0.25) is 0 Å². The molecule has 0 atom stereocenters. The molecular weight excluding hydrogens is 272 g/mol. The zero-order valence-corrected chi connectivity index (χ0v) is 11.7. The Hall–Kier alpha value is -2.37. The van der Waals surface area contributed by atoms with Gasteiger partial charge in [-0.2, -0.15) is 0 Å². The minimum absolute atomic E-state index is 0.185. The monoisotopic (exact) mass is 290 g/mol. The maximum absolute atomic E-state index is 11.7. The second-order valence-electron chi connectivity index (χ2n) is 4.80. The Bertz CT molecular complexity index is 510. The first-order chi connectivity index (χ1) is 10.2. The molecule has 1 fully saturated rings. The van der Waals surface area contributed by atoms with Gasteiger partial charge in [0.05, 0.1) is 0 Å². The van der Waals surface area contributed by atoms with Crippen LogP contribution in [0.5, 0.6) is 0 Å². The minimum Gasteiger partial charge on any atom is -0.454 e. The van der Waals surface area contributed by atoms with Gasteiger partial charge in [-0.05, 0) is 25.0 Å². The molecular formula is C15H18N2O4. The number of esters is 1. The van der Waals surface area contributed by atoms with E-state index in [4.69, 9.17) is 4.74 Å². The van der Waals surface area contributed by atoms with Gasteiger partial charge in [0.25, 0.3) is 11.8 Å². The van der Waals surface area contributed by atoms with Gasteiger partial charge >= 0.3 is 5.97 Å². The molecule has 6 heteroatoms. The summed E-state index contributed by atoms with van der Waals surface area (Å²) in [6.45, 7) is 0.934. The molecule has 0 bridgehead atoms. The molecule has 0 aromatic heterocycles. The van der Waals surface area contributed by atoms with Crippen LogP contribution in [-0.2, 0) is 14.3 Å². The van der Waals surface area contributed by atoms with Crippen molar-refractivity contribution in [1.82, 2.24) is 10.2 Å². The number of hydrogen-bond acceptors (Lipinski definition) is 4. The Kier molecular flexibility index (Phi) is 5.31. The lowest BCUT2D eigenvalue weighted by atomic mass is 10.2. The third-order valence-corrected chi connectivity index (χ3v) is 3.24. The molecule has 1 N–H and O–H groups in total. The first-order valence-corrected chi connectivity index (χ1v) is 6.93. The van der Waals surface area contributed by atoms with Gasteiger partial charge in [-0.1, -0.05) is 18.2 Å². The molecule has 1 aliphatic rings. The highest BCUT2D eigenvalue weighted by molar-refractivity contribution is 5.96. The highest BCUT2D eigenvalue weighted by Gasteiger charge is 2.19. The van der Waals surface area contributed by atoms with E-state index < -0.39 is 5.97 Å². The number of likely N-dealkylation sites (tertiary alicyclic amines) is 1. The number of rotatable bonds is 5. The van der Waals surface area contributed by atoms with Crippen LogP contribution in [0.3, 0.4) is 0 Å². The summed E-state index contributed by atoms with van der Waals surface area (Å²) in [6, 6.07) is 8.58. The van der Waals surface area contributed by atoms with Gasteiger partial charge in [0.2, 0.25) is 0 Å². The zero-order chi connectivity index (χ0) is 15.1. The van der Waals surface area contributed by atoms with Crippen molar-refractivity contribution in [2.75, 3.05) is 26.2 Å². The van der Waals surface area contributed by atoms with Crippen LogP contribution >= 0.6 is 0 Å². The van der Waals surface area contributed by atoms with Crippen molar-refractivity contribution in [2.24, 2.45) is 0 Å². The summed E-state index contributed by atoms with van der Waals surface area (Å²) < 4.78 is 4.86. The van der Waals surface area contributed by atoms with Crippen LogP contribution in [-0.4, -0.2) is 48.9 Å². The average molecular weight is 290 g/mol. The molecule has 2 amide bonds. The SMILES string of the molecule is O=C(CNC(=O)c1ccccc1)OCC(=O)N1CCCC1. The van der Waals surface area contributed by atoms with Crippen LogP contribution in [0.15, 0.2) is 30.3 Å². The lowest BCUT2D eigenvalue weighted by molar-refractivity contribution is -0.150. The topological polar surface area (TPSA) is 75.7 Å². The fourth-order valence-electron chi connectivity index (χ4n) is 2.10.